The summed E-state index contributed by atoms with van der Waals surface area (Å²) in [4.78, 5) is 15.8. The highest BCUT2D eigenvalue weighted by molar-refractivity contribution is 6.02. The molecule has 0 spiro atoms. The second-order valence-corrected chi connectivity index (χ2v) is 4.45. The predicted octanol–water partition coefficient (Wildman–Crippen LogP) is 2.71. The molecule has 0 saturated carbocycles. The fourth-order valence-corrected chi connectivity index (χ4v) is 2.26. The molecule has 0 aliphatic carbocycles. The second kappa shape index (κ2) is 4.66. The number of primary amides is 1. The van der Waals surface area contributed by atoms with Crippen LogP contribution in [0.2, 0.25) is 0 Å². The van der Waals surface area contributed by atoms with Gasteiger partial charge in [0.15, 0.2) is 0 Å². The summed E-state index contributed by atoms with van der Waals surface area (Å²) in [6.07, 6.45) is 1.56. The number of fused-ring (bicyclic) bond motifs is 1. The minimum atomic E-state index is -0.534. The van der Waals surface area contributed by atoms with E-state index < -0.39 is 5.91 Å². The van der Waals surface area contributed by atoms with Crippen molar-refractivity contribution in [2.75, 3.05) is 0 Å². The van der Waals surface area contributed by atoms with Crippen LogP contribution in [0.1, 0.15) is 10.4 Å². The first-order chi connectivity index (χ1) is 9.68. The van der Waals surface area contributed by atoms with Crippen molar-refractivity contribution in [3.63, 3.8) is 0 Å². The molecule has 2 aromatic carbocycles. The van der Waals surface area contributed by atoms with Gasteiger partial charge in [0.05, 0.1) is 5.52 Å². The standard InChI is InChI=1S/C16H12N2O2/c17-16(20)11-6-2-1-5-10(11)13-9-18-14-8-4-3-7-12(14)15(13)19/h1-9H,(H2,17,20)(H,18,19). The molecule has 0 atom stereocenters. The smallest absolute Gasteiger partial charge is 0.249 e. The maximum absolute atomic E-state index is 11.5. The van der Waals surface area contributed by atoms with E-state index in [0.717, 1.165) is 0 Å². The van der Waals surface area contributed by atoms with Crippen LogP contribution in [0.25, 0.3) is 22.0 Å². The summed E-state index contributed by atoms with van der Waals surface area (Å²) in [7, 11) is 0. The minimum Gasteiger partial charge on any atom is -0.507 e. The highest BCUT2D eigenvalue weighted by atomic mass is 16.3. The molecule has 0 unspecified atom stereocenters. The Kier molecular flexibility index (Phi) is 2.84. The first-order valence-corrected chi connectivity index (χ1v) is 6.14. The molecule has 4 heteroatoms. The lowest BCUT2D eigenvalue weighted by Gasteiger charge is -2.10. The summed E-state index contributed by atoms with van der Waals surface area (Å²) in [5.41, 5.74) is 7.51. The van der Waals surface area contributed by atoms with Gasteiger partial charge in [-0.3, -0.25) is 9.78 Å². The monoisotopic (exact) mass is 264 g/mol. The molecule has 0 radical (unpaired) electrons. The quantitative estimate of drug-likeness (QED) is 0.747. The van der Waals surface area contributed by atoms with Crippen LogP contribution < -0.4 is 5.73 Å². The summed E-state index contributed by atoms with van der Waals surface area (Å²) in [6.45, 7) is 0. The molecular formula is C16H12N2O2. The number of nitrogens with two attached hydrogens (primary N) is 1. The normalized spacial score (nSPS) is 10.6. The molecule has 3 N–H and O–H groups in total. The molecule has 0 fully saturated rings. The van der Waals surface area contributed by atoms with Gasteiger partial charge in [0.1, 0.15) is 5.75 Å². The molecule has 0 bridgehead atoms. The molecule has 4 nitrogen and oxygen atoms in total. The SMILES string of the molecule is NC(=O)c1ccccc1-c1cnc2ccccc2c1O. The minimum absolute atomic E-state index is 0.101. The molecule has 1 heterocycles. The van der Waals surface area contributed by atoms with E-state index in [1.165, 1.54) is 0 Å². The van der Waals surface area contributed by atoms with Gasteiger partial charge in [-0.05, 0) is 23.8 Å². The van der Waals surface area contributed by atoms with Crippen molar-refractivity contribution < 1.29 is 9.90 Å². The highest BCUT2D eigenvalue weighted by Gasteiger charge is 2.14. The fourth-order valence-electron chi connectivity index (χ4n) is 2.26. The molecule has 98 valence electrons. The topological polar surface area (TPSA) is 76.2 Å². The van der Waals surface area contributed by atoms with Crippen molar-refractivity contribution in [1.29, 1.82) is 0 Å². The largest absolute Gasteiger partial charge is 0.507 e. The Morgan fingerprint density at radius 3 is 2.50 bits per heavy atom. The Hall–Kier alpha value is -2.88. The fraction of sp³-hybridized carbons (Fsp3) is 0. The Morgan fingerprint density at radius 2 is 1.70 bits per heavy atom. The molecule has 1 amide bonds. The van der Waals surface area contributed by atoms with Crippen LogP contribution in [-0.2, 0) is 0 Å². The van der Waals surface area contributed by atoms with E-state index in [1.807, 2.05) is 18.2 Å². The third-order valence-electron chi connectivity index (χ3n) is 3.23. The van der Waals surface area contributed by atoms with Crippen LogP contribution in [0.3, 0.4) is 0 Å². The average Bonchev–Trinajstić information content (AvgIpc) is 2.48. The van der Waals surface area contributed by atoms with Crippen LogP contribution in [0.15, 0.2) is 54.7 Å². The molecule has 0 aliphatic heterocycles. The van der Waals surface area contributed by atoms with E-state index in [-0.39, 0.29) is 5.75 Å². The number of pyridine rings is 1. The molecule has 3 rings (SSSR count). The molecule has 0 saturated heterocycles. The van der Waals surface area contributed by atoms with Gasteiger partial charge in [0.2, 0.25) is 5.91 Å². The van der Waals surface area contributed by atoms with Crippen LogP contribution in [0, 0.1) is 0 Å². The maximum atomic E-state index is 11.5. The number of rotatable bonds is 2. The van der Waals surface area contributed by atoms with Crippen LogP contribution in [0.5, 0.6) is 5.75 Å². The number of amides is 1. The summed E-state index contributed by atoms with van der Waals surface area (Å²) in [5.74, 6) is -0.433. The van der Waals surface area contributed by atoms with E-state index in [0.29, 0.717) is 27.6 Å². The number of para-hydroxylation sites is 1. The zero-order valence-electron chi connectivity index (χ0n) is 10.6. The second-order valence-electron chi connectivity index (χ2n) is 4.45. The van der Waals surface area contributed by atoms with Gasteiger partial charge in [0, 0.05) is 22.7 Å². The van der Waals surface area contributed by atoms with Crippen molar-refractivity contribution in [3.8, 4) is 16.9 Å². The number of carbonyl (C=O) groups excluding carboxylic acids is 1. The summed E-state index contributed by atoms with van der Waals surface area (Å²) < 4.78 is 0. The molecule has 1 aromatic heterocycles. The number of aromatic hydroxyl groups is 1. The van der Waals surface area contributed by atoms with Crippen molar-refractivity contribution in [1.82, 2.24) is 4.98 Å². The predicted molar refractivity (Wildman–Crippen MR) is 77.4 cm³/mol. The van der Waals surface area contributed by atoms with Crippen molar-refractivity contribution in [2.45, 2.75) is 0 Å². The van der Waals surface area contributed by atoms with E-state index in [4.69, 9.17) is 5.73 Å². The van der Waals surface area contributed by atoms with Crippen molar-refractivity contribution in [2.24, 2.45) is 5.73 Å². The van der Waals surface area contributed by atoms with E-state index >= 15 is 0 Å². The van der Waals surface area contributed by atoms with Crippen LogP contribution >= 0.6 is 0 Å². The summed E-state index contributed by atoms with van der Waals surface area (Å²) in [6, 6.07) is 14.2. The Labute approximate surface area is 115 Å². The first kappa shape index (κ1) is 12.2. The van der Waals surface area contributed by atoms with E-state index in [9.17, 15) is 9.90 Å². The maximum Gasteiger partial charge on any atom is 0.249 e. The van der Waals surface area contributed by atoms with Crippen molar-refractivity contribution >= 4 is 16.8 Å². The van der Waals surface area contributed by atoms with Gasteiger partial charge in [-0.1, -0.05) is 30.3 Å². The zero-order valence-corrected chi connectivity index (χ0v) is 10.6. The van der Waals surface area contributed by atoms with E-state index in [2.05, 4.69) is 4.98 Å². The van der Waals surface area contributed by atoms with Gasteiger partial charge in [-0.2, -0.15) is 0 Å². The van der Waals surface area contributed by atoms with E-state index in [1.54, 1.807) is 36.5 Å². The van der Waals surface area contributed by atoms with Gasteiger partial charge >= 0.3 is 0 Å². The van der Waals surface area contributed by atoms with Crippen LogP contribution in [0.4, 0.5) is 0 Å². The molecule has 0 aliphatic rings. The number of nitrogens with zero attached hydrogens (tertiary/aromatic N) is 1. The number of hydrogen-bond donors (Lipinski definition) is 2. The van der Waals surface area contributed by atoms with Gasteiger partial charge < -0.3 is 10.8 Å². The Bertz CT molecular complexity index is 812. The molecule has 3 aromatic rings. The average molecular weight is 264 g/mol. The first-order valence-electron chi connectivity index (χ1n) is 6.14. The van der Waals surface area contributed by atoms with Crippen LogP contribution in [-0.4, -0.2) is 16.0 Å². The number of aromatic nitrogens is 1. The molecule has 20 heavy (non-hydrogen) atoms. The number of benzene rings is 2. The number of carbonyl (C=O) groups is 1. The highest BCUT2D eigenvalue weighted by Crippen LogP contribution is 2.35. The zero-order chi connectivity index (χ0) is 14.1. The van der Waals surface area contributed by atoms with Gasteiger partial charge in [-0.15, -0.1) is 0 Å². The summed E-state index contributed by atoms with van der Waals surface area (Å²) >= 11 is 0. The third-order valence-corrected chi connectivity index (χ3v) is 3.23. The van der Waals surface area contributed by atoms with Gasteiger partial charge in [-0.25, -0.2) is 0 Å². The lowest BCUT2D eigenvalue weighted by molar-refractivity contribution is 0.100. The Balaban J connectivity index is 2.31. The Morgan fingerprint density at radius 1 is 1.00 bits per heavy atom. The molecular weight excluding hydrogens is 252 g/mol. The van der Waals surface area contributed by atoms with Crippen molar-refractivity contribution in [3.05, 3.63) is 60.3 Å². The summed E-state index contributed by atoms with van der Waals surface area (Å²) in [5, 5.41) is 11.1. The number of hydrogen-bond acceptors (Lipinski definition) is 3. The third kappa shape index (κ3) is 1.87. The lowest BCUT2D eigenvalue weighted by atomic mass is 9.98. The lowest BCUT2D eigenvalue weighted by Crippen LogP contribution is -2.12. The van der Waals surface area contributed by atoms with Gasteiger partial charge in [0.25, 0.3) is 0 Å².